The fraction of sp³-hybridized carbons (Fsp3) is 0.111. The molecule has 2 rings (SSSR count). The summed E-state index contributed by atoms with van der Waals surface area (Å²) in [5, 5.41) is 17.6. The average molecular weight is 328 g/mol. The quantitative estimate of drug-likeness (QED) is 0.418. The second-order valence-electron chi connectivity index (χ2n) is 4.93. The third kappa shape index (κ3) is 4.77. The largest absolute Gasteiger partial charge is 0.490 e. The zero-order chi connectivity index (χ0) is 17.4. The first-order valence-electron chi connectivity index (χ1n) is 7.28. The summed E-state index contributed by atoms with van der Waals surface area (Å²) in [4.78, 5) is 0. The van der Waals surface area contributed by atoms with Gasteiger partial charge in [0.1, 0.15) is 24.7 Å². The lowest BCUT2D eigenvalue weighted by molar-refractivity contribution is 0.217. The minimum absolute atomic E-state index is 0.394. The van der Waals surface area contributed by atoms with Gasteiger partial charge in [-0.25, -0.2) is 0 Å². The number of hydrogen-bond acceptors (Lipinski definition) is 6. The van der Waals surface area contributed by atoms with Gasteiger partial charge in [0, 0.05) is 0 Å². The molecule has 0 heterocycles. The summed E-state index contributed by atoms with van der Waals surface area (Å²) in [6, 6.07) is 14.3. The van der Waals surface area contributed by atoms with Crippen molar-refractivity contribution in [3.63, 3.8) is 0 Å². The molecule has 0 bridgehead atoms. The molecule has 0 saturated heterocycles. The van der Waals surface area contributed by atoms with Crippen LogP contribution in [0.5, 0.6) is 11.5 Å². The van der Waals surface area contributed by atoms with Crippen LogP contribution in [-0.4, -0.2) is 23.6 Å². The maximum Gasteiger partial charge on any atom is 0.122 e. The SMILES string of the molecule is C=C(NO)c1ccc(OCCOc2ccc(C(=C)NO)cc2)cc1. The number of benzene rings is 2. The zero-order valence-electron chi connectivity index (χ0n) is 13.2. The van der Waals surface area contributed by atoms with E-state index in [1.165, 1.54) is 0 Å². The fourth-order valence-corrected chi connectivity index (χ4v) is 1.95. The minimum atomic E-state index is 0.394. The number of rotatable bonds is 9. The Morgan fingerprint density at radius 3 is 1.33 bits per heavy atom. The zero-order valence-corrected chi connectivity index (χ0v) is 13.2. The van der Waals surface area contributed by atoms with E-state index in [1.54, 1.807) is 48.5 Å². The summed E-state index contributed by atoms with van der Waals surface area (Å²) in [6.07, 6.45) is 0. The number of nitrogens with one attached hydrogen (secondary N) is 2. The lowest BCUT2D eigenvalue weighted by Gasteiger charge is -2.10. The molecule has 0 atom stereocenters. The minimum Gasteiger partial charge on any atom is -0.490 e. The third-order valence-electron chi connectivity index (χ3n) is 3.30. The standard InChI is InChI=1S/C18H20N2O4/c1-13(19-21)15-3-7-17(8-4-15)23-11-12-24-18-9-5-16(6-10-18)14(2)20-22/h3-10,19-22H,1-2,11-12H2. The van der Waals surface area contributed by atoms with Crippen molar-refractivity contribution >= 4 is 11.4 Å². The topological polar surface area (TPSA) is 83.0 Å². The lowest BCUT2D eigenvalue weighted by atomic mass is 10.2. The summed E-state index contributed by atoms with van der Waals surface area (Å²) in [5.74, 6) is 1.41. The van der Waals surface area contributed by atoms with Crippen LogP contribution < -0.4 is 20.4 Å². The second kappa shape index (κ2) is 8.61. The van der Waals surface area contributed by atoms with Gasteiger partial charge in [-0.1, -0.05) is 13.2 Å². The Balaban J connectivity index is 1.76. The van der Waals surface area contributed by atoms with Gasteiger partial charge in [-0.3, -0.25) is 21.4 Å². The van der Waals surface area contributed by atoms with Crippen LogP contribution in [0.4, 0.5) is 0 Å². The van der Waals surface area contributed by atoms with Crippen LogP contribution in [-0.2, 0) is 0 Å². The van der Waals surface area contributed by atoms with Gasteiger partial charge in [-0.15, -0.1) is 0 Å². The number of hydroxylamine groups is 2. The highest BCUT2D eigenvalue weighted by Crippen LogP contribution is 2.17. The maximum absolute atomic E-state index is 8.78. The van der Waals surface area contributed by atoms with Gasteiger partial charge in [0.25, 0.3) is 0 Å². The molecule has 0 radical (unpaired) electrons. The van der Waals surface area contributed by atoms with Crippen LogP contribution in [0.15, 0.2) is 61.7 Å². The van der Waals surface area contributed by atoms with Gasteiger partial charge >= 0.3 is 0 Å². The first-order valence-corrected chi connectivity index (χ1v) is 7.28. The van der Waals surface area contributed by atoms with Crippen LogP contribution in [0.25, 0.3) is 11.4 Å². The van der Waals surface area contributed by atoms with Crippen LogP contribution in [0.1, 0.15) is 11.1 Å². The molecule has 0 aliphatic carbocycles. The predicted octanol–water partition coefficient (Wildman–Crippen LogP) is 3.04. The second-order valence-corrected chi connectivity index (χ2v) is 4.93. The van der Waals surface area contributed by atoms with E-state index in [4.69, 9.17) is 19.9 Å². The van der Waals surface area contributed by atoms with E-state index >= 15 is 0 Å². The molecule has 2 aromatic rings. The first kappa shape index (κ1) is 17.4. The van der Waals surface area contributed by atoms with Crippen molar-refractivity contribution in [3.05, 3.63) is 72.8 Å². The van der Waals surface area contributed by atoms with Crippen molar-refractivity contribution in [3.8, 4) is 11.5 Å². The summed E-state index contributed by atoms with van der Waals surface area (Å²) in [7, 11) is 0. The highest BCUT2D eigenvalue weighted by molar-refractivity contribution is 5.61. The smallest absolute Gasteiger partial charge is 0.122 e. The van der Waals surface area contributed by atoms with E-state index in [-0.39, 0.29) is 0 Å². The molecule has 6 nitrogen and oxygen atoms in total. The van der Waals surface area contributed by atoms with Crippen LogP contribution in [0.3, 0.4) is 0 Å². The summed E-state index contributed by atoms with van der Waals surface area (Å²) in [5.41, 5.74) is 6.42. The molecule has 24 heavy (non-hydrogen) atoms. The molecule has 0 aliphatic rings. The Bertz CT molecular complexity index is 620. The number of ether oxygens (including phenoxy) is 2. The van der Waals surface area contributed by atoms with Crippen LogP contribution in [0, 0.1) is 0 Å². The predicted molar refractivity (Wildman–Crippen MR) is 91.8 cm³/mol. The molecular weight excluding hydrogens is 308 g/mol. The third-order valence-corrected chi connectivity index (χ3v) is 3.30. The van der Waals surface area contributed by atoms with Crippen molar-refractivity contribution in [2.24, 2.45) is 0 Å². The molecule has 0 aliphatic heterocycles. The fourth-order valence-electron chi connectivity index (χ4n) is 1.95. The van der Waals surface area contributed by atoms with E-state index in [2.05, 4.69) is 13.2 Å². The molecule has 4 N–H and O–H groups in total. The Morgan fingerprint density at radius 2 is 1.04 bits per heavy atom. The molecule has 0 aromatic heterocycles. The van der Waals surface area contributed by atoms with E-state index in [0.717, 1.165) is 11.1 Å². The van der Waals surface area contributed by atoms with Crippen molar-refractivity contribution in [2.75, 3.05) is 13.2 Å². The summed E-state index contributed by atoms with van der Waals surface area (Å²) in [6.45, 7) is 8.11. The highest BCUT2D eigenvalue weighted by Gasteiger charge is 2.00. The molecule has 126 valence electrons. The van der Waals surface area contributed by atoms with Gasteiger partial charge in [-0.05, 0) is 59.7 Å². The van der Waals surface area contributed by atoms with Gasteiger partial charge in [0.05, 0.1) is 11.4 Å². The molecule has 0 spiro atoms. The van der Waals surface area contributed by atoms with Crippen LogP contribution in [0.2, 0.25) is 0 Å². The molecule has 0 amide bonds. The first-order chi connectivity index (χ1) is 11.6. The van der Waals surface area contributed by atoms with Gasteiger partial charge in [0.2, 0.25) is 0 Å². The van der Waals surface area contributed by atoms with E-state index in [1.807, 2.05) is 11.0 Å². The maximum atomic E-state index is 8.78. The van der Waals surface area contributed by atoms with E-state index < -0.39 is 0 Å². The van der Waals surface area contributed by atoms with Crippen molar-refractivity contribution in [1.82, 2.24) is 11.0 Å². The molecule has 6 heteroatoms. The van der Waals surface area contributed by atoms with Gasteiger partial charge in [0.15, 0.2) is 0 Å². The van der Waals surface area contributed by atoms with Crippen molar-refractivity contribution in [1.29, 1.82) is 0 Å². The summed E-state index contributed by atoms with van der Waals surface area (Å²) < 4.78 is 11.2. The van der Waals surface area contributed by atoms with Crippen molar-refractivity contribution < 1.29 is 19.9 Å². The average Bonchev–Trinajstić information content (AvgIpc) is 2.65. The van der Waals surface area contributed by atoms with E-state index in [9.17, 15) is 0 Å². The molecule has 0 saturated carbocycles. The molecular formula is C18H20N2O4. The Labute approximate surface area is 140 Å². The van der Waals surface area contributed by atoms with Gasteiger partial charge in [-0.2, -0.15) is 0 Å². The molecule has 0 unspecified atom stereocenters. The van der Waals surface area contributed by atoms with Crippen molar-refractivity contribution in [2.45, 2.75) is 0 Å². The number of hydrogen-bond donors (Lipinski definition) is 4. The van der Waals surface area contributed by atoms with Gasteiger partial charge < -0.3 is 9.47 Å². The Morgan fingerprint density at radius 1 is 0.708 bits per heavy atom. The van der Waals surface area contributed by atoms with E-state index in [0.29, 0.717) is 36.1 Å². The monoisotopic (exact) mass is 328 g/mol. The summed E-state index contributed by atoms with van der Waals surface area (Å²) >= 11 is 0. The Hall–Kier alpha value is -2.96. The lowest BCUT2D eigenvalue weighted by Crippen LogP contribution is -2.09. The molecule has 2 aromatic carbocycles. The van der Waals surface area contributed by atoms with Crippen LogP contribution >= 0.6 is 0 Å². The molecule has 0 fully saturated rings. The Kier molecular flexibility index (Phi) is 6.24. The normalized spacial score (nSPS) is 9.92. The highest BCUT2D eigenvalue weighted by atomic mass is 16.5.